The van der Waals surface area contributed by atoms with Crippen molar-refractivity contribution in [2.24, 2.45) is 0 Å². The van der Waals surface area contributed by atoms with Gasteiger partial charge < -0.3 is 10.2 Å². The standard InChI is InChI=1S/C9H16N2O/c1-11-7-9(6-8(11)12)4-2-3-5-10-9/h10H,2-7H2,1H3/t9-/m1/s1. The van der Waals surface area contributed by atoms with Crippen molar-refractivity contribution in [3.8, 4) is 0 Å². The van der Waals surface area contributed by atoms with E-state index >= 15 is 0 Å². The molecule has 12 heavy (non-hydrogen) atoms. The van der Waals surface area contributed by atoms with Crippen molar-refractivity contribution in [1.29, 1.82) is 0 Å². The molecule has 2 saturated heterocycles. The maximum atomic E-state index is 11.3. The van der Waals surface area contributed by atoms with Gasteiger partial charge in [-0.1, -0.05) is 6.42 Å². The lowest BCUT2D eigenvalue weighted by Crippen LogP contribution is -2.50. The Kier molecular flexibility index (Phi) is 1.83. The summed E-state index contributed by atoms with van der Waals surface area (Å²) >= 11 is 0. The van der Waals surface area contributed by atoms with Crippen molar-refractivity contribution in [3.05, 3.63) is 0 Å². The molecule has 1 spiro atoms. The second-order valence-electron chi connectivity index (χ2n) is 4.09. The molecule has 2 aliphatic rings. The van der Waals surface area contributed by atoms with Crippen LogP contribution in [-0.4, -0.2) is 36.5 Å². The highest BCUT2D eigenvalue weighted by molar-refractivity contribution is 5.80. The van der Waals surface area contributed by atoms with Crippen molar-refractivity contribution in [2.75, 3.05) is 20.1 Å². The largest absolute Gasteiger partial charge is 0.344 e. The molecule has 0 aromatic carbocycles. The number of piperidine rings is 1. The number of hydrogen-bond acceptors (Lipinski definition) is 2. The van der Waals surface area contributed by atoms with E-state index in [0.717, 1.165) is 13.1 Å². The van der Waals surface area contributed by atoms with Gasteiger partial charge in [-0.15, -0.1) is 0 Å². The van der Waals surface area contributed by atoms with E-state index in [2.05, 4.69) is 5.32 Å². The second kappa shape index (κ2) is 2.73. The molecule has 3 nitrogen and oxygen atoms in total. The number of carbonyl (C=O) groups is 1. The van der Waals surface area contributed by atoms with Gasteiger partial charge in [0.15, 0.2) is 0 Å². The molecule has 0 radical (unpaired) electrons. The van der Waals surface area contributed by atoms with E-state index in [1.54, 1.807) is 0 Å². The molecule has 2 heterocycles. The van der Waals surface area contributed by atoms with E-state index in [1.807, 2.05) is 11.9 Å². The van der Waals surface area contributed by atoms with Crippen LogP contribution in [0.4, 0.5) is 0 Å². The number of nitrogens with zero attached hydrogens (tertiary/aromatic N) is 1. The Hall–Kier alpha value is -0.570. The lowest BCUT2D eigenvalue weighted by atomic mass is 9.88. The Balaban J connectivity index is 2.07. The van der Waals surface area contributed by atoms with E-state index in [4.69, 9.17) is 0 Å². The Labute approximate surface area is 73.1 Å². The number of hydrogen-bond donors (Lipinski definition) is 1. The summed E-state index contributed by atoms with van der Waals surface area (Å²) in [5.74, 6) is 0.296. The number of rotatable bonds is 0. The van der Waals surface area contributed by atoms with Gasteiger partial charge in [0.05, 0.1) is 0 Å². The maximum Gasteiger partial charge on any atom is 0.224 e. The van der Waals surface area contributed by atoms with Gasteiger partial charge in [-0.25, -0.2) is 0 Å². The third-order valence-electron chi connectivity index (χ3n) is 3.04. The summed E-state index contributed by atoms with van der Waals surface area (Å²) in [4.78, 5) is 13.2. The first-order valence-corrected chi connectivity index (χ1v) is 4.71. The summed E-state index contributed by atoms with van der Waals surface area (Å²) in [5, 5.41) is 3.49. The molecule has 0 aromatic rings. The molecule has 0 bridgehead atoms. The fourth-order valence-electron chi connectivity index (χ4n) is 2.34. The van der Waals surface area contributed by atoms with Crippen molar-refractivity contribution in [2.45, 2.75) is 31.2 Å². The van der Waals surface area contributed by atoms with Gasteiger partial charge in [0.1, 0.15) is 0 Å². The first-order valence-electron chi connectivity index (χ1n) is 4.71. The molecular weight excluding hydrogens is 152 g/mol. The van der Waals surface area contributed by atoms with Crippen molar-refractivity contribution in [3.63, 3.8) is 0 Å². The summed E-state index contributed by atoms with van der Waals surface area (Å²) in [6.45, 7) is 1.99. The number of amides is 1. The third-order valence-corrected chi connectivity index (χ3v) is 3.04. The maximum absolute atomic E-state index is 11.3. The first kappa shape index (κ1) is 8.05. The van der Waals surface area contributed by atoms with Crippen LogP contribution in [-0.2, 0) is 4.79 Å². The molecule has 2 rings (SSSR count). The van der Waals surface area contributed by atoms with Gasteiger partial charge >= 0.3 is 0 Å². The highest BCUT2D eigenvalue weighted by Crippen LogP contribution is 2.29. The normalized spacial score (nSPS) is 36.4. The van der Waals surface area contributed by atoms with E-state index in [1.165, 1.54) is 19.3 Å². The van der Waals surface area contributed by atoms with Crippen LogP contribution in [0.2, 0.25) is 0 Å². The van der Waals surface area contributed by atoms with Crippen LogP contribution in [0.1, 0.15) is 25.7 Å². The number of likely N-dealkylation sites (N-methyl/N-ethyl adjacent to an activating group) is 1. The van der Waals surface area contributed by atoms with E-state index < -0.39 is 0 Å². The minimum Gasteiger partial charge on any atom is -0.344 e. The van der Waals surface area contributed by atoms with Gasteiger partial charge in [0.25, 0.3) is 0 Å². The van der Waals surface area contributed by atoms with E-state index in [-0.39, 0.29) is 5.54 Å². The SMILES string of the molecule is CN1C[C@@]2(CCCCN2)CC1=O. The van der Waals surface area contributed by atoms with Crippen LogP contribution >= 0.6 is 0 Å². The highest BCUT2D eigenvalue weighted by Gasteiger charge is 2.41. The van der Waals surface area contributed by atoms with Crippen LogP contribution in [0.15, 0.2) is 0 Å². The van der Waals surface area contributed by atoms with Crippen molar-refractivity contribution in [1.82, 2.24) is 10.2 Å². The fourth-order valence-corrected chi connectivity index (χ4v) is 2.34. The average Bonchev–Trinajstić information content (AvgIpc) is 2.29. The lowest BCUT2D eigenvalue weighted by Gasteiger charge is -2.33. The molecule has 2 fully saturated rings. The van der Waals surface area contributed by atoms with Crippen molar-refractivity contribution >= 4 is 5.91 Å². The molecule has 2 aliphatic heterocycles. The van der Waals surface area contributed by atoms with E-state index in [0.29, 0.717) is 12.3 Å². The topological polar surface area (TPSA) is 32.3 Å². The lowest BCUT2D eigenvalue weighted by molar-refractivity contribution is -0.126. The van der Waals surface area contributed by atoms with Gasteiger partial charge in [-0.2, -0.15) is 0 Å². The summed E-state index contributed by atoms with van der Waals surface area (Å²) < 4.78 is 0. The molecule has 1 amide bonds. The second-order valence-corrected chi connectivity index (χ2v) is 4.09. The molecule has 0 aromatic heterocycles. The predicted octanol–water partition coefficient (Wildman–Crippen LogP) is 0.361. The Bertz CT molecular complexity index is 197. The van der Waals surface area contributed by atoms with Gasteiger partial charge in [0, 0.05) is 25.6 Å². The molecular formula is C9H16N2O. The predicted molar refractivity (Wildman–Crippen MR) is 46.8 cm³/mol. The van der Waals surface area contributed by atoms with Crippen LogP contribution < -0.4 is 5.32 Å². The Morgan fingerprint density at radius 1 is 1.50 bits per heavy atom. The van der Waals surface area contributed by atoms with Gasteiger partial charge in [-0.3, -0.25) is 4.79 Å². The molecule has 68 valence electrons. The van der Waals surface area contributed by atoms with Crippen LogP contribution in [0.25, 0.3) is 0 Å². The monoisotopic (exact) mass is 168 g/mol. The van der Waals surface area contributed by atoms with Gasteiger partial charge in [0.2, 0.25) is 5.91 Å². The third kappa shape index (κ3) is 1.22. The van der Waals surface area contributed by atoms with Crippen LogP contribution in [0, 0.1) is 0 Å². The zero-order valence-electron chi connectivity index (χ0n) is 7.60. The smallest absolute Gasteiger partial charge is 0.224 e. The molecule has 1 N–H and O–H groups in total. The van der Waals surface area contributed by atoms with Crippen molar-refractivity contribution < 1.29 is 4.79 Å². The molecule has 0 aliphatic carbocycles. The summed E-state index contributed by atoms with van der Waals surface area (Å²) in [6.07, 6.45) is 4.42. The summed E-state index contributed by atoms with van der Waals surface area (Å²) in [5.41, 5.74) is 0.143. The van der Waals surface area contributed by atoms with E-state index in [9.17, 15) is 4.79 Å². The van der Waals surface area contributed by atoms with Gasteiger partial charge in [-0.05, 0) is 19.4 Å². The minimum atomic E-state index is 0.143. The number of likely N-dealkylation sites (tertiary alicyclic amines) is 1. The summed E-state index contributed by atoms with van der Waals surface area (Å²) in [6, 6.07) is 0. The molecule has 0 saturated carbocycles. The number of carbonyl (C=O) groups excluding carboxylic acids is 1. The quantitative estimate of drug-likeness (QED) is 0.566. The zero-order chi connectivity index (χ0) is 8.60. The number of nitrogens with one attached hydrogen (secondary N) is 1. The average molecular weight is 168 g/mol. The van der Waals surface area contributed by atoms with Crippen LogP contribution in [0.3, 0.4) is 0 Å². The summed E-state index contributed by atoms with van der Waals surface area (Å²) in [7, 11) is 1.90. The Morgan fingerprint density at radius 3 is 2.83 bits per heavy atom. The first-order chi connectivity index (χ1) is 5.72. The molecule has 1 atom stereocenters. The minimum absolute atomic E-state index is 0.143. The molecule has 0 unspecified atom stereocenters. The van der Waals surface area contributed by atoms with Crippen LogP contribution in [0.5, 0.6) is 0 Å². The molecule has 3 heteroatoms. The zero-order valence-corrected chi connectivity index (χ0v) is 7.60. The fraction of sp³-hybridized carbons (Fsp3) is 0.889. The Morgan fingerprint density at radius 2 is 2.33 bits per heavy atom. The highest BCUT2D eigenvalue weighted by atomic mass is 16.2.